The van der Waals surface area contributed by atoms with Gasteiger partial charge in [-0.1, -0.05) is 12.1 Å². The molecule has 1 aliphatic rings. The Labute approximate surface area is 181 Å². The highest BCUT2D eigenvalue weighted by Crippen LogP contribution is 2.24. The van der Waals surface area contributed by atoms with Crippen molar-refractivity contribution in [2.75, 3.05) is 26.7 Å². The summed E-state index contributed by atoms with van der Waals surface area (Å²) < 4.78 is 6.90. The maximum absolute atomic E-state index is 11.2. The highest BCUT2D eigenvalue weighted by Gasteiger charge is 2.23. The number of ether oxygens (including phenoxy) is 1. The molecule has 1 aromatic rings. The first-order valence-electron chi connectivity index (χ1n) is 8.64. The molecule has 2 atom stereocenters. The molecule has 6 nitrogen and oxygen atoms in total. The molecule has 1 aromatic carbocycles. The van der Waals surface area contributed by atoms with Crippen LogP contribution in [0.3, 0.4) is 0 Å². The number of nitrogens with zero attached hydrogens (tertiary/aromatic N) is 2. The van der Waals surface area contributed by atoms with E-state index in [1.165, 1.54) is 0 Å². The minimum absolute atomic E-state index is 0. The van der Waals surface area contributed by atoms with E-state index in [4.69, 9.17) is 10.5 Å². The molecule has 8 heteroatoms. The lowest BCUT2D eigenvalue weighted by molar-refractivity contribution is -0.119. The van der Waals surface area contributed by atoms with Gasteiger partial charge in [-0.25, -0.2) is 0 Å². The third-order valence-corrected chi connectivity index (χ3v) is 4.89. The molecule has 0 aromatic heterocycles. The van der Waals surface area contributed by atoms with Crippen molar-refractivity contribution < 1.29 is 9.53 Å². The van der Waals surface area contributed by atoms with Crippen LogP contribution >= 0.6 is 39.9 Å². The van der Waals surface area contributed by atoms with Crippen molar-refractivity contribution in [2.45, 2.75) is 32.3 Å². The van der Waals surface area contributed by atoms with Gasteiger partial charge in [0.15, 0.2) is 5.96 Å². The Kier molecular flexibility index (Phi) is 10.3. The highest BCUT2D eigenvalue weighted by molar-refractivity contribution is 14.0. The number of piperidine rings is 1. The van der Waals surface area contributed by atoms with Crippen LogP contribution < -0.4 is 15.8 Å². The molecule has 0 saturated carbocycles. The molecule has 0 aliphatic carbocycles. The number of nitrogens with two attached hydrogens (primary N) is 1. The number of carbonyl (C=O) groups is 1. The van der Waals surface area contributed by atoms with Gasteiger partial charge in [-0.05, 0) is 53.7 Å². The summed E-state index contributed by atoms with van der Waals surface area (Å²) in [4.78, 5) is 17.7. The van der Waals surface area contributed by atoms with E-state index in [-0.39, 0.29) is 36.0 Å². The number of halogens is 2. The molecule has 0 radical (unpaired) electrons. The molecule has 0 bridgehead atoms. The van der Waals surface area contributed by atoms with Crippen LogP contribution in [0.1, 0.15) is 26.2 Å². The van der Waals surface area contributed by atoms with Crippen LogP contribution in [-0.4, -0.2) is 49.6 Å². The molecule has 1 saturated heterocycles. The summed E-state index contributed by atoms with van der Waals surface area (Å²) in [6.07, 6.45) is 2.51. The lowest BCUT2D eigenvalue weighted by Crippen LogP contribution is -2.49. The Morgan fingerprint density at radius 2 is 2.23 bits per heavy atom. The van der Waals surface area contributed by atoms with Gasteiger partial charge in [0, 0.05) is 26.6 Å². The van der Waals surface area contributed by atoms with Gasteiger partial charge in [-0.2, -0.15) is 0 Å². The number of nitrogens with one attached hydrogen (secondary N) is 1. The molecule has 0 spiro atoms. The van der Waals surface area contributed by atoms with Gasteiger partial charge < -0.3 is 20.7 Å². The smallest absolute Gasteiger partial charge is 0.217 e. The van der Waals surface area contributed by atoms with Crippen molar-refractivity contribution in [3.05, 3.63) is 28.7 Å². The average molecular weight is 539 g/mol. The van der Waals surface area contributed by atoms with Crippen LogP contribution in [0.4, 0.5) is 0 Å². The second-order valence-electron chi connectivity index (χ2n) is 6.41. The molecule has 146 valence electrons. The predicted molar refractivity (Wildman–Crippen MR) is 119 cm³/mol. The Morgan fingerprint density at radius 3 is 2.88 bits per heavy atom. The number of amides is 1. The number of carbonyl (C=O) groups excluding carboxylic acids is 1. The molecule has 3 N–H and O–H groups in total. The van der Waals surface area contributed by atoms with Gasteiger partial charge in [0.1, 0.15) is 11.9 Å². The number of hydrogen-bond donors (Lipinski definition) is 2. The Morgan fingerprint density at radius 1 is 1.50 bits per heavy atom. The van der Waals surface area contributed by atoms with E-state index in [0.717, 1.165) is 42.1 Å². The monoisotopic (exact) mass is 538 g/mol. The standard InChI is InChI=1S/C18H27BrN4O2.HI/c1-13(25-16-8-4-3-7-15(16)19)11-22-18(21-2)23-9-5-6-14(12-23)10-17(20)24;/h3-4,7-8,13-14H,5-6,9-12H2,1-2H3,(H2,20,24)(H,21,22);1H. The van der Waals surface area contributed by atoms with Crippen LogP contribution in [0.5, 0.6) is 5.75 Å². The molecule has 2 unspecified atom stereocenters. The fourth-order valence-corrected chi connectivity index (χ4v) is 3.45. The first-order valence-corrected chi connectivity index (χ1v) is 9.44. The minimum Gasteiger partial charge on any atom is -0.488 e. The Hall–Kier alpha value is -1.03. The van der Waals surface area contributed by atoms with Crippen LogP contribution in [0.2, 0.25) is 0 Å². The number of rotatable bonds is 6. The zero-order valence-corrected chi connectivity index (χ0v) is 19.2. The first-order chi connectivity index (χ1) is 12.0. The molecular weight excluding hydrogens is 511 g/mol. The summed E-state index contributed by atoms with van der Waals surface area (Å²) in [5, 5.41) is 3.37. The van der Waals surface area contributed by atoms with Gasteiger partial charge in [0.05, 0.1) is 11.0 Å². The number of likely N-dealkylation sites (tertiary alicyclic amines) is 1. The zero-order valence-electron chi connectivity index (χ0n) is 15.3. The summed E-state index contributed by atoms with van der Waals surface area (Å²) in [7, 11) is 1.78. The Bertz CT molecular complexity index is 615. The zero-order chi connectivity index (χ0) is 18.2. The number of guanidine groups is 1. The summed E-state index contributed by atoms with van der Waals surface area (Å²) in [5.41, 5.74) is 5.34. The molecule has 26 heavy (non-hydrogen) atoms. The van der Waals surface area contributed by atoms with E-state index < -0.39 is 0 Å². The molecule has 1 amide bonds. The number of para-hydroxylation sites is 1. The van der Waals surface area contributed by atoms with Crippen molar-refractivity contribution >= 4 is 51.8 Å². The van der Waals surface area contributed by atoms with Crippen LogP contribution in [0, 0.1) is 5.92 Å². The molecule has 1 aliphatic heterocycles. The van der Waals surface area contributed by atoms with Crippen molar-refractivity contribution in [2.24, 2.45) is 16.6 Å². The topological polar surface area (TPSA) is 80.0 Å². The highest BCUT2D eigenvalue weighted by atomic mass is 127. The van der Waals surface area contributed by atoms with E-state index in [1.807, 2.05) is 31.2 Å². The van der Waals surface area contributed by atoms with E-state index >= 15 is 0 Å². The summed E-state index contributed by atoms with van der Waals surface area (Å²) in [6, 6.07) is 7.81. The van der Waals surface area contributed by atoms with Crippen molar-refractivity contribution in [3.63, 3.8) is 0 Å². The normalized spacial score (nSPS) is 18.7. The maximum Gasteiger partial charge on any atom is 0.217 e. The molecular formula is C18H28BrIN4O2. The van der Waals surface area contributed by atoms with Gasteiger partial charge >= 0.3 is 0 Å². The van der Waals surface area contributed by atoms with Gasteiger partial charge in [-0.15, -0.1) is 24.0 Å². The summed E-state index contributed by atoms with van der Waals surface area (Å²) >= 11 is 3.49. The van der Waals surface area contributed by atoms with E-state index in [9.17, 15) is 4.79 Å². The van der Waals surface area contributed by atoms with Crippen LogP contribution in [0.15, 0.2) is 33.7 Å². The number of aliphatic imine (C=N–C) groups is 1. The van der Waals surface area contributed by atoms with Crippen molar-refractivity contribution in [1.29, 1.82) is 0 Å². The van der Waals surface area contributed by atoms with Gasteiger partial charge in [-0.3, -0.25) is 9.79 Å². The summed E-state index contributed by atoms with van der Waals surface area (Å²) in [5.74, 6) is 1.74. The van der Waals surface area contributed by atoms with Crippen LogP contribution in [-0.2, 0) is 4.79 Å². The molecule has 1 fully saturated rings. The quantitative estimate of drug-likeness (QED) is 0.331. The number of primary amides is 1. The van der Waals surface area contributed by atoms with Crippen molar-refractivity contribution in [3.8, 4) is 5.75 Å². The van der Waals surface area contributed by atoms with E-state index in [0.29, 0.717) is 18.9 Å². The first kappa shape index (κ1) is 23.0. The largest absolute Gasteiger partial charge is 0.488 e. The lowest BCUT2D eigenvalue weighted by atomic mass is 9.95. The van der Waals surface area contributed by atoms with E-state index in [1.54, 1.807) is 7.05 Å². The lowest BCUT2D eigenvalue weighted by Gasteiger charge is -2.35. The van der Waals surface area contributed by atoms with E-state index in [2.05, 4.69) is 31.1 Å². The third-order valence-electron chi connectivity index (χ3n) is 4.23. The predicted octanol–water partition coefficient (Wildman–Crippen LogP) is 3.00. The number of hydrogen-bond acceptors (Lipinski definition) is 3. The maximum atomic E-state index is 11.2. The fraction of sp³-hybridized carbons (Fsp3) is 0.556. The number of benzene rings is 1. The van der Waals surface area contributed by atoms with Gasteiger partial charge in [0.2, 0.25) is 5.91 Å². The van der Waals surface area contributed by atoms with Gasteiger partial charge in [0.25, 0.3) is 0 Å². The average Bonchev–Trinajstić information content (AvgIpc) is 2.57. The summed E-state index contributed by atoms with van der Waals surface area (Å²) in [6.45, 7) is 4.41. The second-order valence-corrected chi connectivity index (χ2v) is 7.27. The Balaban J connectivity index is 0.00000338. The van der Waals surface area contributed by atoms with Crippen LogP contribution in [0.25, 0.3) is 0 Å². The van der Waals surface area contributed by atoms with Crippen molar-refractivity contribution in [1.82, 2.24) is 10.2 Å². The molecule has 1 heterocycles. The fourth-order valence-electron chi connectivity index (χ4n) is 3.07. The minimum atomic E-state index is -0.231. The second kappa shape index (κ2) is 11.6. The third kappa shape index (κ3) is 7.30. The molecule has 2 rings (SSSR count). The SMILES string of the molecule is CN=C(NCC(C)Oc1ccccc1Br)N1CCCC(CC(N)=O)C1.I.